The van der Waals surface area contributed by atoms with E-state index in [1.165, 1.54) is 19.9 Å². The maximum atomic E-state index is 13.8. The summed E-state index contributed by atoms with van der Waals surface area (Å²) in [5.41, 5.74) is -3.90. The second-order valence-electron chi connectivity index (χ2n) is 14.8. The molecule has 2 aliphatic carbocycles. The number of nitrogens with one attached hydrogen (secondary N) is 1. The summed E-state index contributed by atoms with van der Waals surface area (Å²) < 4.78 is 17.8. The number of rotatable bonds is 11. The number of carbonyl (C=O) groups excluding carboxylic acids is 4. The lowest BCUT2D eigenvalue weighted by molar-refractivity contribution is -0.316. The Morgan fingerprint density at radius 3 is 2.18 bits per heavy atom. The molecule has 4 rings (SSSR count). The standard InChI is InChI=1S/C37H51NO11/c1-19(2)16-25(38-23(6)40)31(42)34(44)48-26-17-37(46,35(7,8)29(21(26)4)30(41)22(5)39)32(49-33(43)24-12-10-9-11-13-24)28-20(3)14-15-27-36(28,45)18-47-27/h9-13,16,20,25-28,30-32,41-42,45-46H,14-15,17-18H2,1-8H3,(H,38,40)/t20-,25?,26?,27?,28?,30?,31?,32?,36-,37?/m0/s1. The third-order valence-electron chi connectivity index (χ3n) is 10.7. The number of amides is 1. The fourth-order valence-electron chi connectivity index (χ4n) is 8.00. The highest BCUT2D eigenvalue weighted by Gasteiger charge is 2.68. The van der Waals surface area contributed by atoms with Crippen LogP contribution in [0.15, 0.2) is 53.1 Å². The molecule has 0 bridgehead atoms. The fraction of sp³-hybridized carbons (Fsp3) is 0.622. The van der Waals surface area contributed by atoms with Gasteiger partial charge in [-0.05, 0) is 69.7 Å². The number of aliphatic hydroxyl groups is 4. The van der Waals surface area contributed by atoms with Gasteiger partial charge in [-0.3, -0.25) is 9.59 Å². The number of hydrogen-bond acceptors (Lipinski definition) is 11. The predicted molar refractivity (Wildman–Crippen MR) is 178 cm³/mol. The molecule has 3 aliphatic rings. The van der Waals surface area contributed by atoms with E-state index < -0.39 is 82.7 Å². The van der Waals surface area contributed by atoms with E-state index >= 15 is 0 Å². The van der Waals surface area contributed by atoms with Gasteiger partial charge < -0.3 is 40.0 Å². The van der Waals surface area contributed by atoms with Gasteiger partial charge in [-0.1, -0.05) is 50.6 Å². The third kappa shape index (κ3) is 7.25. The van der Waals surface area contributed by atoms with Gasteiger partial charge >= 0.3 is 11.9 Å². The first-order valence-electron chi connectivity index (χ1n) is 16.8. The Balaban J connectivity index is 1.86. The van der Waals surface area contributed by atoms with Crippen molar-refractivity contribution in [1.82, 2.24) is 5.32 Å². The van der Waals surface area contributed by atoms with Crippen LogP contribution in [-0.4, -0.2) is 98.4 Å². The van der Waals surface area contributed by atoms with Gasteiger partial charge in [0.2, 0.25) is 5.91 Å². The largest absolute Gasteiger partial charge is 0.456 e. The van der Waals surface area contributed by atoms with Crippen LogP contribution in [-0.2, 0) is 28.6 Å². The first-order valence-corrected chi connectivity index (χ1v) is 16.8. The number of carbonyl (C=O) groups is 4. The molecule has 5 N–H and O–H groups in total. The lowest BCUT2D eigenvalue weighted by Crippen LogP contribution is -2.74. The van der Waals surface area contributed by atoms with Gasteiger partial charge in [0.25, 0.3) is 0 Å². The van der Waals surface area contributed by atoms with E-state index in [1.807, 2.05) is 6.92 Å². The minimum absolute atomic E-state index is 0.0557. The number of hydrogen-bond donors (Lipinski definition) is 5. The molecule has 1 aliphatic heterocycles. The summed E-state index contributed by atoms with van der Waals surface area (Å²) in [6.45, 7) is 12.5. The average Bonchev–Trinajstić information content (AvgIpc) is 3.01. The zero-order valence-electron chi connectivity index (χ0n) is 29.6. The van der Waals surface area contributed by atoms with E-state index in [1.54, 1.807) is 65.0 Å². The van der Waals surface area contributed by atoms with Gasteiger partial charge in [0.1, 0.15) is 29.5 Å². The van der Waals surface area contributed by atoms with Crippen molar-refractivity contribution < 1.29 is 53.8 Å². The second kappa shape index (κ2) is 14.4. The summed E-state index contributed by atoms with van der Waals surface area (Å²) in [6, 6.07) is 7.04. The van der Waals surface area contributed by atoms with Crippen LogP contribution in [0.3, 0.4) is 0 Å². The lowest BCUT2D eigenvalue weighted by atomic mass is 9.52. The van der Waals surface area contributed by atoms with Gasteiger partial charge in [0.05, 0.1) is 24.3 Å². The van der Waals surface area contributed by atoms with E-state index in [-0.39, 0.29) is 35.7 Å². The van der Waals surface area contributed by atoms with Crippen LogP contribution in [0.25, 0.3) is 0 Å². The van der Waals surface area contributed by atoms with Crippen molar-refractivity contribution in [2.24, 2.45) is 17.3 Å². The van der Waals surface area contributed by atoms with E-state index in [0.29, 0.717) is 18.4 Å². The first-order chi connectivity index (χ1) is 22.8. The third-order valence-corrected chi connectivity index (χ3v) is 10.7. The quantitative estimate of drug-likeness (QED) is 0.170. The molecule has 1 saturated heterocycles. The molecule has 12 nitrogen and oxygen atoms in total. The van der Waals surface area contributed by atoms with E-state index in [2.05, 4.69) is 5.32 Å². The zero-order valence-corrected chi connectivity index (χ0v) is 29.6. The SMILES string of the molecule is CC(=O)NC(C=C(C)C)C(O)C(=O)OC1CC(O)(C(OC(=O)c2ccccc2)C2[C@@H](C)CCC3OC[C@]32O)C(C)(C)C(C(O)C(C)=O)=C1C. The summed E-state index contributed by atoms with van der Waals surface area (Å²) in [5, 5.41) is 50.1. The molecule has 12 heteroatoms. The Kier molecular flexibility index (Phi) is 11.3. The van der Waals surface area contributed by atoms with Crippen molar-refractivity contribution in [3.8, 4) is 0 Å². The zero-order chi connectivity index (χ0) is 36.6. The molecule has 1 aromatic carbocycles. The maximum Gasteiger partial charge on any atom is 0.338 e. The molecule has 10 atom stereocenters. The van der Waals surface area contributed by atoms with Gasteiger partial charge in [-0.15, -0.1) is 0 Å². The molecule has 49 heavy (non-hydrogen) atoms. The Bertz CT molecular complexity index is 1500. The topological polar surface area (TPSA) is 189 Å². The van der Waals surface area contributed by atoms with Crippen LogP contribution in [0, 0.1) is 17.3 Å². The minimum Gasteiger partial charge on any atom is -0.456 e. The van der Waals surface area contributed by atoms with Crippen molar-refractivity contribution in [3.63, 3.8) is 0 Å². The summed E-state index contributed by atoms with van der Waals surface area (Å²) in [5.74, 6) is -4.18. The molecule has 1 heterocycles. The van der Waals surface area contributed by atoms with E-state index in [9.17, 15) is 39.6 Å². The number of ether oxygens (including phenoxy) is 3. The smallest absolute Gasteiger partial charge is 0.338 e. The number of ketones is 1. The molecule has 0 radical (unpaired) electrons. The Labute approximate surface area is 287 Å². The molecule has 2 fully saturated rings. The van der Waals surface area contributed by atoms with Gasteiger partial charge in [-0.2, -0.15) is 0 Å². The van der Waals surface area contributed by atoms with Crippen molar-refractivity contribution in [3.05, 3.63) is 58.7 Å². The highest BCUT2D eigenvalue weighted by Crippen LogP contribution is 2.57. The van der Waals surface area contributed by atoms with Gasteiger partial charge in [0, 0.05) is 24.7 Å². The van der Waals surface area contributed by atoms with Crippen LogP contribution >= 0.6 is 0 Å². The van der Waals surface area contributed by atoms with Crippen LogP contribution in [0.1, 0.15) is 85.0 Å². The molecule has 0 spiro atoms. The van der Waals surface area contributed by atoms with Gasteiger partial charge in [0.15, 0.2) is 11.9 Å². The minimum atomic E-state index is -2.16. The Morgan fingerprint density at radius 1 is 1.02 bits per heavy atom. The summed E-state index contributed by atoms with van der Waals surface area (Å²) in [4.78, 5) is 52.0. The van der Waals surface area contributed by atoms with Gasteiger partial charge in [-0.25, -0.2) is 9.59 Å². The number of aliphatic hydroxyl groups excluding tert-OH is 2. The number of Topliss-reactive ketones (excluding diaryl/α,β-unsaturated/α-hetero) is 1. The number of benzene rings is 1. The summed E-state index contributed by atoms with van der Waals surface area (Å²) >= 11 is 0. The molecule has 1 amide bonds. The number of allylic oxidation sites excluding steroid dienone is 1. The van der Waals surface area contributed by atoms with E-state index in [0.717, 1.165) is 0 Å². The fourth-order valence-corrected chi connectivity index (χ4v) is 8.00. The van der Waals surface area contributed by atoms with Crippen molar-refractivity contribution in [2.75, 3.05) is 6.61 Å². The normalized spacial score (nSPS) is 31.5. The monoisotopic (exact) mass is 685 g/mol. The van der Waals surface area contributed by atoms with E-state index in [4.69, 9.17) is 14.2 Å². The van der Waals surface area contributed by atoms with Crippen LogP contribution in [0.2, 0.25) is 0 Å². The highest BCUT2D eigenvalue weighted by molar-refractivity contribution is 5.89. The average molecular weight is 686 g/mol. The highest BCUT2D eigenvalue weighted by atomic mass is 16.6. The lowest BCUT2D eigenvalue weighted by Gasteiger charge is -2.61. The Hall–Kier alpha value is -3.42. The van der Waals surface area contributed by atoms with Crippen molar-refractivity contribution >= 4 is 23.6 Å². The number of esters is 2. The summed E-state index contributed by atoms with van der Waals surface area (Å²) in [6.07, 6.45) is -4.66. The van der Waals surface area contributed by atoms with Crippen LogP contribution < -0.4 is 5.32 Å². The molecule has 1 aromatic rings. The molecule has 8 unspecified atom stereocenters. The molecular weight excluding hydrogens is 634 g/mol. The van der Waals surface area contributed by atoms with Crippen molar-refractivity contribution in [2.45, 2.75) is 122 Å². The predicted octanol–water partition coefficient (Wildman–Crippen LogP) is 2.56. The molecule has 1 saturated carbocycles. The summed E-state index contributed by atoms with van der Waals surface area (Å²) in [7, 11) is 0. The van der Waals surface area contributed by atoms with Crippen LogP contribution in [0.4, 0.5) is 0 Å². The maximum absolute atomic E-state index is 13.8. The van der Waals surface area contributed by atoms with Crippen molar-refractivity contribution in [1.29, 1.82) is 0 Å². The molecule has 0 aromatic heterocycles. The Morgan fingerprint density at radius 2 is 1.65 bits per heavy atom. The molecular formula is C37H51NO11. The number of fused-ring (bicyclic) bond motifs is 1. The first kappa shape index (κ1) is 38.4. The molecule has 270 valence electrons. The second-order valence-corrected chi connectivity index (χ2v) is 14.8. The van der Waals surface area contributed by atoms with Crippen LogP contribution in [0.5, 0.6) is 0 Å².